The Labute approximate surface area is 235 Å². The van der Waals surface area contributed by atoms with Gasteiger partial charge in [0, 0.05) is 27.7 Å². The first-order valence-corrected chi connectivity index (χ1v) is 14.5. The van der Waals surface area contributed by atoms with Crippen molar-refractivity contribution in [2.75, 3.05) is 17.4 Å². The lowest BCUT2D eigenvalue weighted by molar-refractivity contribution is -0.225. The van der Waals surface area contributed by atoms with E-state index in [-0.39, 0.29) is 35.2 Å². The molecular formula is C29H29ClF2N2O4S. The van der Waals surface area contributed by atoms with Crippen molar-refractivity contribution < 1.29 is 28.3 Å². The number of hydrogen-bond acceptors (Lipinski definition) is 7. The number of hydroxylamine groups is 1. The predicted octanol–water partition coefficient (Wildman–Crippen LogP) is 5.16. The van der Waals surface area contributed by atoms with Crippen LogP contribution in [0.1, 0.15) is 33.1 Å². The van der Waals surface area contributed by atoms with Gasteiger partial charge < -0.3 is 5.11 Å². The molecule has 1 unspecified atom stereocenters. The van der Waals surface area contributed by atoms with Gasteiger partial charge in [-0.1, -0.05) is 36.4 Å². The van der Waals surface area contributed by atoms with Crippen LogP contribution in [0.2, 0.25) is 5.02 Å². The Morgan fingerprint density at radius 1 is 1.28 bits per heavy atom. The lowest BCUT2D eigenvalue weighted by atomic mass is 9.44. The van der Waals surface area contributed by atoms with Crippen LogP contribution < -0.4 is 5.06 Å². The van der Waals surface area contributed by atoms with Crippen molar-refractivity contribution in [1.82, 2.24) is 0 Å². The van der Waals surface area contributed by atoms with Gasteiger partial charge in [0.15, 0.2) is 17.1 Å². The Bertz CT molecular complexity index is 1350. The Balaban J connectivity index is 1.44. The molecule has 1 N–H and O–H groups in total. The largest absolute Gasteiger partial charge is 0.390 e. The van der Waals surface area contributed by atoms with Gasteiger partial charge in [-0.05, 0) is 74.1 Å². The van der Waals surface area contributed by atoms with E-state index in [0.29, 0.717) is 23.7 Å². The van der Waals surface area contributed by atoms with E-state index >= 15 is 8.78 Å². The van der Waals surface area contributed by atoms with Crippen LogP contribution in [0.5, 0.6) is 0 Å². The fraction of sp³-hybridized carbons (Fsp3) is 0.552. The van der Waals surface area contributed by atoms with Crippen LogP contribution in [0.3, 0.4) is 0 Å². The monoisotopic (exact) mass is 574 g/mol. The zero-order valence-corrected chi connectivity index (χ0v) is 23.1. The molecule has 1 aromatic carbocycles. The molecule has 1 aliphatic heterocycles. The highest BCUT2D eigenvalue weighted by atomic mass is 35.5. The summed E-state index contributed by atoms with van der Waals surface area (Å²) in [5, 5.41) is 22.7. The number of nitriles is 1. The molecule has 3 saturated carbocycles. The predicted molar refractivity (Wildman–Crippen MR) is 143 cm³/mol. The third-order valence-electron chi connectivity index (χ3n) is 10.3. The Kier molecular flexibility index (Phi) is 6.13. The number of carbonyl (C=O) groups is 2. The molecule has 0 radical (unpaired) electrons. The quantitative estimate of drug-likeness (QED) is 0.533. The van der Waals surface area contributed by atoms with Gasteiger partial charge in [0.05, 0.1) is 30.2 Å². The van der Waals surface area contributed by atoms with Crippen molar-refractivity contribution in [3.05, 3.63) is 53.1 Å². The Morgan fingerprint density at radius 2 is 2.00 bits per heavy atom. The molecule has 4 fully saturated rings. The van der Waals surface area contributed by atoms with Crippen molar-refractivity contribution in [2.45, 2.75) is 56.7 Å². The van der Waals surface area contributed by atoms with Gasteiger partial charge >= 0.3 is 0 Å². The molecule has 39 heavy (non-hydrogen) atoms. The third kappa shape index (κ3) is 3.38. The molecule has 10 heteroatoms. The van der Waals surface area contributed by atoms with Gasteiger partial charge in [-0.2, -0.15) is 5.26 Å². The van der Waals surface area contributed by atoms with Gasteiger partial charge in [-0.15, -0.1) is 0 Å². The molecule has 0 spiro atoms. The molecule has 206 valence electrons. The van der Waals surface area contributed by atoms with Crippen LogP contribution in [-0.2, 0) is 14.4 Å². The van der Waals surface area contributed by atoms with E-state index in [1.165, 1.54) is 18.2 Å². The Hall–Kier alpha value is -2.25. The van der Waals surface area contributed by atoms with Crippen molar-refractivity contribution in [3.8, 4) is 6.07 Å². The number of rotatable bonds is 3. The summed E-state index contributed by atoms with van der Waals surface area (Å²) in [4.78, 5) is 32.6. The number of anilines is 1. The third-order valence-corrected chi connectivity index (χ3v) is 11.4. The van der Waals surface area contributed by atoms with E-state index in [4.69, 9.17) is 16.4 Å². The first-order valence-electron chi connectivity index (χ1n) is 13.1. The zero-order valence-electron chi connectivity index (χ0n) is 21.6. The number of ketones is 1. The standard InChI is InChI=1S/C29H29ClF2N2O4S/c1-26-8-7-19(35)12-22(26)23(31)13-21-20-11-16-15-34(18-5-3-17(30)4-6-18)38-29(16,25(37)39-10-9-33)27(20,2)14-24(36)28(21,26)32/h3-8,12,16,20-21,23-24,36H,10-11,13-15H2,1-2H3/t16-,20?,21-,23-,24-,26-,27-,28-,29-/m0/s1. The average Bonchev–Trinajstić information content (AvgIpc) is 3.39. The van der Waals surface area contributed by atoms with Crippen LogP contribution in [0.25, 0.3) is 0 Å². The van der Waals surface area contributed by atoms with Gasteiger partial charge in [0.25, 0.3) is 0 Å². The number of benzene rings is 1. The van der Waals surface area contributed by atoms with Crippen LogP contribution in [-0.4, -0.2) is 51.8 Å². The van der Waals surface area contributed by atoms with Gasteiger partial charge in [-0.3, -0.25) is 19.5 Å². The van der Waals surface area contributed by atoms with Gasteiger partial charge in [0.1, 0.15) is 6.17 Å². The summed E-state index contributed by atoms with van der Waals surface area (Å²) in [6.07, 6.45) is 0.846. The number of thioether (sulfide) groups is 1. The number of hydrogen-bond donors (Lipinski definition) is 1. The summed E-state index contributed by atoms with van der Waals surface area (Å²) in [5.41, 5.74) is -5.45. The minimum atomic E-state index is -2.23. The molecule has 1 heterocycles. The van der Waals surface area contributed by atoms with E-state index in [2.05, 4.69) is 0 Å². The van der Waals surface area contributed by atoms with E-state index in [1.54, 1.807) is 36.3 Å². The van der Waals surface area contributed by atoms with E-state index in [9.17, 15) is 20.0 Å². The van der Waals surface area contributed by atoms with E-state index in [0.717, 1.165) is 11.8 Å². The van der Waals surface area contributed by atoms with Crippen molar-refractivity contribution in [2.24, 2.45) is 28.6 Å². The lowest BCUT2D eigenvalue weighted by Gasteiger charge is -2.63. The number of halogens is 3. The normalized spacial score (nSPS) is 44.1. The van der Waals surface area contributed by atoms with Gasteiger partial charge in [-0.25, -0.2) is 8.78 Å². The number of nitrogens with zero attached hydrogens (tertiary/aromatic N) is 2. The van der Waals surface area contributed by atoms with Crippen molar-refractivity contribution >= 4 is 39.9 Å². The molecule has 0 amide bonds. The first-order chi connectivity index (χ1) is 18.4. The van der Waals surface area contributed by atoms with Crippen LogP contribution in [0.4, 0.5) is 14.5 Å². The maximum absolute atomic E-state index is 17.5. The van der Waals surface area contributed by atoms with E-state index < -0.39 is 52.0 Å². The van der Waals surface area contributed by atoms with Crippen molar-refractivity contribution in [1.29, 1.82) is 5.26 Å². The SMILES string of the molecule is C[C@]12C=CC(=O)C=C1[C@@H](F)C[C@H]1C3C[C@H]4CN(c5ccc(Cl)cc5)O[C@@]4(C(=O)SCC#N)[C@@]3(C)C[C@H](O)[C@@]12F. The smallest absolute Gasteiger partial charge is 0.225 e. The average molecular weight is 575 g/mol. The van der Waals surface area contributed by atoms with Crippen molar-refractivity contribution in [3.63, 3.8) is 0 Å². The fourth-order valence-corrected chi connectivity index (χ4v) is 9.53. The number of aliphatic hydroxyl groups is 1. The molecule has 5 aliphatic rings. The fourth-order valence-electron chi connectivity index (χ4n) is 8.55. The number of allylic oxidation sites excluding steroid dienone is 4. The van der Waals surface area contributed by atoms with Crippen LogP contribution >= 0.6 is 23.4 Å². The second kappa shape index (κ2) is 8.87. The first kappa shape index (κ1) is 26.9. The molecule has 4 aliphatic carbocycles. The maximum Gasteiger partial charge on any atom is 0.225 e. The molecule has 1 aromatic rings. The topological polar surface area (TPSA) is 90.6 Å². The summed E-state index contributed by atoms with van der Waals surface area (Å²) >= 11 is 6.93. The maximum atomic E-state index is 17.5. The molecule has 0 aromatic heterocycles. The molecular weight excluding hydrogens is 546 g/mol. The highest BCUT2D eigenvalue weighted by Gasteiger charge is 2.79. The highest BCUT2D eigenvalue weighted by Crippen LogP contribution is 2.73. The number of fused-ring (bicyclic) bond motifs is 7. The van der Waals surface area contributed by atoms with Crippen LogP contribution in [0, 0.1) is 39.9 Å². The summed E-state index contributed by atoms with van der Waals surface area (Å²) in [6, 6.07) is 9.00. The summed E-state index contributed by atoms with van der Waals surface area (Å²) in [6.45, 7) is 3.74. The summed E-state index contributed by atoms with van der Waals surface area (Å²) < 4.78 is 33.3. The van der Waals surface area contributed by atoms with Crippen LogP contribution in [0.15, 0.2) is 48.1 Å². The second-order valence-electron chi connectivity index (χ2n) is 11.9. The highest BCUT2D eigenvalue weighted by molar-refractivity contribution is 8.14. The van der Waals surface area contributed by atoms with E-state index in [1.807, 2.05) is 13.0 Å². The van der Waals surface area contributed by atoms with Gasteiger partial charge in [0.2, 0.25) is 5.12 Å². The molecule has 1 saturated heterocycles. The molecule has 6 rings (SSSR count). The Morgan fingerprint density at radius 3 is 2.69 bits per heavy atom. The zero-order chi connectivity index (χ0) is 28.0. The second-order valence-corrected chi connectivity index (χ2v) is 13.3. The number of aliphatic hydroxyl groups excluding tert-OH is 1. The lowest BCUT2D eigenvalue weighted by Crippen LogP contribution is -2.70. The number of carbonyl (C=O) groups excluding carboxylic acids is 2. The minimum Gasteiger partial charge on any atom is -0.390 e. The summed E-state index contributed by atoms with van der Waals surface area (Å²) in [5.74, 6) is -2.23. The molecule has 0 bridgehead atoms. The minimum absolute atomic E-state index is 0.0649. The summed E-state index contributed by atoms with van der Waals surface area (Å²) in [7, 11) is 0. The number of alkyl halides is 2. The molecule has 6 nitrogen and oxygen atoms in total. The molecule has 9 atom stereocenters.